The van der Waals surface area contributed by atoms with E-state index in [1.807, 2.05) is 31.4 Å². The van der Waals surface area contributed by atoms with Gasteiger partial charge >= 0.3 is 0 Å². The highest BCUT2D eigenvalue weighted by atomic mass is 16.2. The van der Waals surface area contributed by atoms with Crippen molar-refractivity contribution in [2.75, 3.05) is 18.4 Å². The monoisotopic (exact) mass is 289 g/mol. The van der Waals surface area contributed by atoms with E-state index in [0.717, 1.165) is 31.7 Å². The van der Waals surface area contributed by atoms with E-state index in [1.165, 1.54) is 0 Å². The van der Waals surface area contributed by atoms with Crippen LogP contribution in [0.1, 0.15) is 38.8 Å². The summed E-state index contributed by atoms with van der Waals surface area (Å²) in [6.07, 6.45) is 1.15. The number of fused-ring (bicyclic) bond motifs is 4. The number of nitrogens with one attached hydrogen (secondary N) is 2. The number of carbonyl (C=O) groups excluding carboxylic acids is 1. The molecular weight excluding hydrogens is 266 g/mol. The number of hydrogen-bond acceptors (Lipinski definition) is 3. The number of hydrogen-bond donors (Lipinski definition) is 2. The highest BCUT2D eigenvalue weighted by Gasteiger charge is 2.31. The number of aromatic nitrogens is 1. The van der Waals surface area contributed by atoms with Crippen LogP contribution in [0.3, 0.4) is 0 Å². The Balaban J connectivity index is 1.94. The van der Waals surface area contributed by atoms with E-state index in [2.05, 4.69) is 10.6 Å². The summed E-state index contributed by atoms with van der Waals surface area (Å²) in [5.74, 6) is 0.804. The highest BCUT2D eigenvalue weighted by molar-refractivity contribution is 5.94. The fraction of sp³-hybridized carbons (Fsp3) is 0.625. The first kappa shape index (κ1) is 14.3. The molecule has 5 nitrogen and oxygen atoms in total. The van der Waals surface area contributed by atoms with Gasteiger partial charge in [0.15, 0.2) is 0 Å². The molecule has 5 heteroatoms. The quantitative estimate of drug-likeness (QED) is 0.824. The molecule has 1 aromatic rings. The predicted molar refractivity (Wildman–Crippen MR) is 82.5 cm³/mol. The summed E-state index contributed by atoms with van der Waals surface area (Å²) in [6.45, 7) is 8.18. The van der Waals surface area contributed by atoms with Crippen LogP contribution < -0.4 is 16.2 Å². The van der Waals surface area contributed by atoms with Gasteiger partial charge in [-0.15, -0.1) is 0 Å². The summed E-state index contributed by atoms with van der Waals surface area (Å²) in [5.41, 5.74) is 0.915. The van der Waals surface area contributed by atoms with Crippen molar-refractivity contribution in [3.63, 3.8) is 0 Å². The molecule has 1 fully saturated rings. The topological polar surface area (TPSA) is 63.1 Å². The normalized spacial score (nSPS) is 24.3. The van der Waals surface area contributed by atoms with Gasteiger partial charge in [-0.2, -0.15) is 0 Å². The lowest BCUT2D eigenvalue weighted by Crippen LogP contribution is -2.45. The van der Waals surface area contributed by atoms with Crippen LogP contribution in [-0.2, 0) is 11.3 Å². The molecule has 3 heterocycles. The average molecular weight is 289 g/mol. The number of amides is 1. The molecule has 1 aromatic heterocycles. The van der Waals surface area contributed by atoms with Gasteiger partial charge < -0.3 is 15.2 Å². The number of carbonyl (C=O) groups is 1. The zero-order valence-electron chi connectivity index (χ0n) is 12.9. The van der Waals surface area contributed by atoms with Crippen LogP contribution in [0.4, 0.5) is 5.69 Å². The van der Waals surface area contributed by atoms with Crippen molar-refractivity contribution in [3.05, 3.63) is 28.2 Å². The molecular formula is C16H23N3O2. The number of piperidine rings is 1. The second kappa shape index (κ2) is 4.98. The highest BCUT2D eigenvalue weighted by Crippen LogP contribution is 2.32. The molecule has 3 rings (SSSR count). The molecule has 0 radical (unpaired) electrons. The molecule has 0 unspecified atom stereocenters. The van der Waals surface area contributed by atoms with Crippen LogP contribution in [0, 0.1) is 11.3 Å². The third kappa shape index (κ3) is 2.62. The van der Waals surface area contributed by atoms with Gasteiger partial charge in [-0.05, 0) is 31.0 Å². The maximum Gasteiger partial charge on any atom is 0.274 e. The van der Waals surface area contributed by atoms with Crippen LogP contribution in [0.25, 0.3) is 0 Å². The van der Waals surface area contributed by atoms with Gasteiger partial charge in [0.05, 0.1) is 0 Å². The van der Waals surface area contributed by atoms with Crippen LogP contribution in [0.5, 0.6) is 0 Å². The summed E-state index contributed by atoms with van der Waals surface area (Å²) in [7, 11) is 0. The summed E-state index contributed by atoms with van der Waals surface area (Å²) >= 11 is 0. The molecule has 2 atom stereocenters. The second-order valence-electron chi connectivity index (χ2n) is 7.25. The van der Waals surface area contributed by atoms with Crippen LogP contribution in [-0.4, -0.2) is 23.6 Å². The Morgan fingerprint density at radius 2 is 2.10 bits per heavy atom. The zero-order chi connectivity index (χ0) is 15.2. The summed E-state index contributed by atoms with van der Waals surface area (Å²) in [4.78, 5) is 24.7. The zero-order valence-corrected chi connectivity index (χ0v) is 12.9. The minimum absolute atomic E-state index is 0.0679. The van der Waals surface area contributed by atoms with Gasteiger partial charge in [0.2, 0.25) is 5.91 Å². The van der Waals surface area contributed by atoms with Gasteiger partial charge in [-0.25, -0.2) is 0 Å². The van der Waals surface area contributed by atoms with Crippen molar-refractivity contribution < 1.29 is 4.79 Å². The standard InChI is InChI=1S/C16H23N3O2/c1-16(2,3)15(21)18-12-4-5-13-11-6-10(7-17-8-11)9-19(13)14(12)20/h4-5,10-11,17H,6-9H2,1-3H3,(H,18,21)/t10-,11-/m1/s1. The van der Waals surface area contributed by atoms with Gasteiger partial charge in [-0.3, -0.25) is 9.59 Å². The van der Waals surface area contributed by atoms with Crippen molar-refractivity contribution in [2.45, 2.75) is 39.7 Å². The molecule has 21 heavy (non-hydrogen) atoms. The first-order chi connectivity index (χ1) is 9.86. The molecule has 2 aliphatic rings. The number of pyridine rings is 1. The number of anilines is 1. The Labute approximate surface area is 124 Å². The van der Waals surface area contributed by atoms with E-state index in [4.69, 9.17) is 0 Å². The Bertz CT molecular complexity index is 627. The lowest BCUT2D eigenvalue weighted by molar-refractivity contribution is -0.123. The van der Waals surface area contributed by atoms with Crippen molar-refractivity contribution in [1.82, 2.24) is 9.88 Å². The molecule has 1 saturated heterocycles. The molecule has 114 valence electrons. The second-order valence-corrected chi connectivity index (χ2v) is 7.25. The van der Waals surface area contributed by atoms with Gasteiger partial charge in [0, 0.05) is 30.1 Å². The predicted octanol–water partition coefficient (Wildman–Crippen LogP) is 1.54. The maximum absolute atomic E-state index is 12.6. The summed E-state index contributed by atoms with van der Waals surface area (Å²) in [5, 5.41) is 6.21. The molecule has 0 aromatic carbocycles. The fourth-order valence-electron chi connectivity index (χ4n) is 3.20. The minimum atomic E-state index is -0.507. The number of rotatable bonds is 1. The first-order valence-corrected chi connectivity index (χ1v) is 7.62. The SMILES string of the molecule is CC(C)(C)C(=O)Nc1ccc2n(c1=O)C[C@H]1CNC[C@H]2C1. The lowest BCUT2D eigenvalue weighted by atomic mass is 9.84. The molecule has 2 bridgehead atoms. The Hall–Kier alpha value is -1.62. The fourth-order valence-corrected chi connectivity index (χ4v) is 3.20. The van der Waals surface area contributed by atoms with E-state index in [1.54, 1.807) is 6.07 Å². The molecule has 1 amide bonds. The van der Waals surface area contributed by atoms with Crippen molar-refractivity contribution in [2.24, 2.45) is 11.3 Å². The molecule has 0 saturated carbocycles. The lowest BCUT2D eigenvalue weighted by Gasteiger charge is -2.37. The Kier molecular flexibility index (Phi) is 3.40. The van der Waals surface area contributed by atoms with E-state index in [0.29, 0.717) is 17.5 Å². The average Bonchev–Trinajstić information content (AvgIpc) is 2.42. The maximum atomic E-state index is 12.6. The van der Waals surface area contributed by atoms with E-state index >= 15 is 0 Å². The van der Waals surface area contributed by atoms with Gasteiger partial charge in [-0.1, -0.05) is 20.8 Å². The molecule has 2 N–H and O–H groups in total. The largest absolute Gasteiger partial charge is 0.321 e. The molecule has 2 aliphatic heterocycles. The smallest absolute Gasteiger partial charge is 0.274 e. The summed E-state index contributed by atoms with van der Waals surface area (Å²) < 4.78 is 1.86. The van der Waals surface area contributed by atoms with Crippen LogP contribution >= 0.6 is 0 Å². The van der Waals surface area contributed by atoms with Gasteiger partial charge in [0.1, 0.15) is 5.69 Å². The van der Waals surface area contributed by atoms with Crippen LogP contribution in [0.15, 0.2) is 16.9 Å². The third-order valence-corrected chi connectivity index (χ3v) is 4.44. The van der Waals surface area contributed by atoms with Gasteiger partial charge in [0.25, 0.3) is 5.56 Å². The van der Waals surface area contributed by atoms with Crippen LogP contribution in [0.2, 0.25) is 0 Å². The molecule has 0 aliphatic carbocycles. The van der Waals surface area contributed by atoms with Crippen molar-refractivity contribution in [1.29, 1.82) is 0 Å². The Morgan fingerprint density at radius 3 is 2.81 bits per heavy atom. The van der Waals surface area contributed by atoms with Crippen molar-refractivity contribution >= 4 is 11.6 Å². The third-order valence-electron chi connectivity index (χ3n) is 4.44. The summed E-state index contributed by atoms with van der Waals surface area (Å²) in [6, 6.07) is 3.75. The van der Waals surface area contributed by atoms with E-state index in [9.17, 15) is 9.59 Å². The Morgan fingerprint density at radius 1 is 1.33 bits per heavy atom. The van der Waals surface area contributed by atoms with Crippen molar-refractivity contribution in [3.8, 4) is 0 Å². The van der Waals surface area contributed by atoms with E-state index < -0.39 is 5.41 Å². The number of nitrogens with zero attached hydrogens (tertiary/aromatic N) is 1. The first-order valence-electron chi connectivity index (χ1n) is 7.62. The minimum Gasteiger partial charge on any atom is -0.321 e. The van der Waals surface area contributed by atoms with E-state index in [-0.39, 0.29) is 11.5 Å². The molecule has 0 spiro atoms.